The van der Waals surface area contributed by atoms with E-state index in [0.717, 1.165) is 25.7 Å². The molecular weight excluding hydrogens is 204 g/mol. The Bertz CT molecular complexity index is 180. The Kier molecular flexibility index (Phi) is 9.24. The molecule has 0 rings (SSSR count). The summed E-state index contributed by atoms with van der Waals surface area (Å²) in [5, 5.41) is 11.5. The minimum Gasteiger partial charge on any atom is -0.394 e. The molecule has 4 N–H and O–H groups in total. The normalized spacial score (nSPS) is 14.5. The van der Waals surface area contributed by atoms with Crippen LogP contribution in [0.15, 0.2) is 0 Å². The van der Waals surface area contributed by atoms with Gasteiger partial charge < -0.3 is 16.2 Å². The molecule has 0 saturated carbocycles. The van der Waals surface area contributed by atoms with E-state index < -0.39 is 0 Å². The van der Waals surface area contributed by atoms with E-state index in [9.17, 15) is 4.79 Å². The van der Waals surface area contributed by atoms with Gasteiger partial charge in [0.1, 0.15) is 0 Å². The van der Waals surface area contributed by atoms with Crippen LogP contribution < -0.4 is 11.1 Å². The summed E-state index contributed by atoms with van der Waals surface area (Å²) >= 11 is 0. The molecule has 0 saturated heterocycles. The van der Waals surface area contributed by atoms with Crippen LogP contribution in [0, 0.1) is 5.92 Å². The average Bonchev–Trinajstić information content (AvgIpc) is 2.26. The third-order valence-electron chi connectivity index (χ3n) is 2.73. The molecule has 0 aliphatic rings. The molecule has 16 heavy (non-hydrogen) atoms. The van der Waals surface area contributed by atoms with Gasteiger partial charge in [0.15, 0.2) is 0 Å². The smallest absolute Gasteiger partial charge is 0.220 e. The van der Waals surface area contributed by atoms with Crippen molar-refractivity contribution in [3.63, 3.8) is 0 Å². The van der Waals surface area contributed by atoms with Crippen LogP contribution in [-0.2, 0) is 4.79 Å². The Hall–Kier alpha value is -0.610. The number of nitrogens with one attached hydrogen (secondary N) is 1. The molecule has 1 amide bonds. The molecule has 2 atom stereocenters. The quantitative estimate of drug-likeness (QED) is 0.554. The number of carbonyl (C=O) groups excluding carboxylic acids is 1. The van der Waals surface area contributed by atoms with Crippen LogP contribution in [0.2, 0.25) is 0 Å². The Morgan fingerprint density at radius 3 is 2.56 bits per heavy atom. The van der Waals surface area contributed by atoms with Gasteiger partial charge in [-0.1, -0.05) is 19.8 Å². The Morgan fingerprint density at radius 1 is 1.38 bits per heavy atom. The lowest BCUT2D eigenvalue weighted by atomic mass is 9.94. The lowest BCUT2D eigenvalue weighted by Gasteiger charge is -2.16. The molecule has 0 aromatic heterocycles. The maximum absolute atomic E-state index is 11.5. The first kappa shape index (κ1) is 15.4. The van der Waals surface area contributed by atoms with Gasteiger partial charge in [0, 0.05) is 12.5 Å². The van der Waals surface area contributed by atoms with Crippen LogP contribution in [0.4, 0.5) is 0 Å². The summed E-state index contributed by atoms with van der Waals surface area (Å²) in [5.41, 5.74) is 5.53. The van der Waals surface area contributed by atoms with Gasteiger partial charge in [0.25, 0.3) is 0 Å². The van der Waals surface area contributed by atoms with E-state index in [1.807, 2.05) is 0 Å². The van der Waals surface area contributed by atoms with E-state index in [4.69, 9.17) is 10.8 Å². The van der Waals surface area contributed by atoms with Crippen LogP contribution in [0.25, 0.3) is 0 Å². The van der Waals surface area contributed by atoms with Crippen molar-refractivity contribution in [3.8, 4) is 0 Å². The fourth-order valence-electron chi connectivity index (χ4n) is 1.80. The van der Waals surface area contributed by atoms with Gasteiger partial charge in [-0.2, -0.15) is 0 Å². The molecule has 1 unspecified atom stereocenters. The largest absolute Gasteiger partial charge is 0.394 e. The van der Waals surface area contributed by atoms with Gasteiger partial charge in [0.05, 0.1) is 6.61 Å². The predicted octanol–water partition coefficient (Wildman–Crippen LogP) is 1.03. The molecule has 0 fully saturated rings. The van der Waals surface area contributed by atoms with E-state index in [1.165, 1.54) is 0 Å². The zero-order chi connectivity index (χ0) is 12.4. The van der Waals surface area contributed by atoms with E-state index in [1.54, 1.807) is 6.92 Å². The predicted molar refractivity (Wildman–Crippen MR) is 66.0 cm³/mol. The lowest BCUT2D eigenvalue weighted by Crippen LogP contribution is -2.35. The number of aliphatic hydroxyl groups excluding tert-OH is 1. The number of hydrogen-bond acceptors (Lipinski definition) is 3. The lowest BCUT2D eigenvalue weighted by molar-refractivity contribution is -0.122. The SMILES string of the molecule is CCCC(CCN)CCC(=O)N[C@H](C)CO. The monoisotopic (exact) mass is 230 g/mol. The summed E-state index contributed by atoms with van der Waals surface area (Å²) in [6.45, 7) is 4.63. The maximum atomic E-state index is 11.5. The summed E-state index contributed by atoms with van der Waals surface area (Å²) in [4.78, 5) is 11.5. The number of aliphatic hydroxyl groups is 1. The molecule has 0 heterocycles. The highest BCUT2D eigenvalue weighted by Gasteiger charge is 2.11. The van der Waals surface area contributed by atoms with Crippen molar-refractivity contribution in [2.45, 2.75) is 52.0 Å². The van der Waals surface area contributed by atoms with E-state index in [-0.39, 0.29) is 18.6 Å². The second-order valence-electron chi connectivity index (χ2n) is 4.42. The van der Waals surface area contributed by atoms with Crippen LogP contribution in [-0.4, -0.2) is 30.2 Å². The first-order valence-corrected chi connectivity index (χ1v) is 6.24. The summed E-state index contributed by atoms with van der Waals surface area (Å²) in [7, 11) is 0. The minimum atomic E-state index is -0.147. The Morgan fingerprint density at radius 2 is 2.06 bits per heavy atom. The zero-order valence-electron chi connectivity index (χ0n) is 10.5. The zero-order valence-corrected chi connectivity index (χ0v) is 10.5. The van der Waals surface area contributed by atoms with E-state index in [2.05, 4.69) is 12.2 Å². The fraction of sp³-hybridized carbons (Fsp3) is 0.917. The number of nitrogens with two attached hydrogens (primary N) is 1. The first-order chi connectivity index (χ1) is 7.63. The number of carbonyl (C=O) groups is 1. The van der Waals surface area contributed by atoms with Gasteiger partial charge in [0.2, 0.25) is 5.91 Å². The third kappa shape index (κ3) is 7.65. The molecule has 4 heteroatoms. The van der Waals surface area contributed by atoms with Crippen molar-refractivity contribution in [2.75, 3.05) is 13.2 Å². The molecule has 0 aromatic carbocycles. The second-order valence-corrected chi connectivity index (χ2v) is 4.42. The summed E-state index contributed by atoms with van der Waals surface area (Å²) in [6.07, 6.45) is 4.71. The second kappa shape index (κ2) is 9.60. The highest BCUT2D eigenvalue weighted by atomic mass is 16.3. The van der Waals surface area contributed by atoms with Gasteiger partial charge in [-0.05, 0) is 32.2 Å². The van der Waals surface area contributed by atoms with Crippen molar-refractivity contribution in [3.05, 3.63) is 0 Å². The molecule has 0 aliphatic carbocycles. The van der Waals surface area contributed by atoms with Crippen molar-refractivity contribution >= 4 is 5.91 Å². The molecule has 0 aromatic rings. The van der Waals surface area contributed by atoms with Crippen molar-refractivity contribution < 1.29 is 9.90 Å². The van der Waals surface area contributed by atoms with Crippen molar-refractivity contribution in [1.29, 1.82) is 0 Å². The summed E-state index contributed by atoms with van der Waals surface area (Å²) in [6, 6.07) is -0.147. The molecule has 0 spiro atoms. The van der Waals surface area contributed by atoms with E-state index in [0.29, 0.717) is 18.9 Å². The molecule has 0 bridgehead atoms. The highest BCUT2D eigenvalue weighted by molar-refractivity contribution is 5.76. The van der Waals surface area contributed by atoms with Crippen molar-refractivity contribution in [2.24, 2.45) is 11.7 Å². The van der Waals surface area contributed by atoms with Crippen LogP contribution >= 0.6 is 0 Å². The maximum Gasteiger partial charge on any atom is 0.220 e. The minimum absolute atomic E-state index is 0.00702. The van der Waals surface area contributed by atoms with Crippen molar-refractivity contribution in [1.82, 2.24) is 5.32 Å². The first-order valence-electron chi connectivity index (χ1n) is 6.24. The van der Waals surface area contributed by atoms with Crippen LogP contribution in [0.1, 0.15) is 46.0 Å². The summed E-state index contributed by atoms with van der Waals surface area (Å²) < 4.78 is 0. The van der Waals surface area contributed by atoms with Crippen LogP contribution in [0.5, 0.6) is 0 Å². The Balaban J connectivity index is 3.77. The molecule has 4 nitrogen and oxygen atoms in total. The number of rotatable bonds is 9. The van der Waals surface area contributed by atoms with E-state index >= 15 is 0 Å². The molecular formula is C12H26N2O2. The summed E-state index contributed by atoms with van der Waals surface area (Å²) in [5.74, 6) is 0.588. The van der Waals surface area contributed by atoms with Gasteiger partial charge in [-0.15, -0.1) is 0 Å². The van der Waals surface area contributed by atoms with Gasteiger partial charge >= 0.3 is 0 Å². The standard InChI is InChI=1S/C12H26N2O2/c1-3-4-11(7-8-13)5-6-12(16)14-10(2)9-15/h10-11,15H,3-9,13H2,1-2H3,(H,14,16)/t10-,11?/m1/s1. The molecule has 0 radical (unpaired) electrons. The Labute approximate surface area is 98.6 Å². The average molecular weight is 230 g/mol. The fourth-order valence-corrected chi connectivity index (χ4v) is 1.80. The number of hydrogen-bond donors (Lipinski definition) is 3. The topological polar surface area (TPSA) is 75.4 Å². The molecule has 96 valence electrons. The highest BCUT2D eigenvalue weighted by Crippen LogP contribution is 2.16. The van der Waals surface area contributed by atoms with Crippen LogP contribution in [0.3, 0.4) is 0 Å². The van der Waals surface area contributed by atoms with Gasteiger partial charge in [-0.3, -0.25) is 4.79 Å². The molecule has 0 aliphatic heterocycles. The third-order valence-corrected chi connectivity index (χ3v) is 2.73. The van der Waals surface area contributed by atoms with Gasteiger partial charge in [-0.25, -0.2) is 0 Å². The number of amides is 1.